The van der Waals surface area contributed by atoms with Crippen molar-refractivity contribution >= 4 is 16.6 Å². The third-order valence-electron chi connectivity index (χ3n) is 4.74. The van der Waals surface area contributed by atoms with Gasteiger partial charge in [-0.25, -0.2) is 0 Å². The van der Waals surface area contributed by atoms with E-state index >= 15 is 0 Å². The number of fused-ring (bicyclic) bond motifs is 1. The number of hydrogen-bond acceptors (Lipinski definition) is 3. The molecule has 0 spiro atoms. The van der Waals surface area contributed by atoms with Crippen molar-refractivity contribution in [2.24, 2.45) is 5.41 Å². The Hall–Kier alpha value is -1.61. The maximum atomic E-state index is 6.15. The molecule has 2 heterocycles. The highest BCUT2D eigenvalue weighted by atomic mass is 16.7. The van der Waals surface area contributed by atoms with Gasteiger partial charge in [-0.15, -0.1) is 0 Å². The van der Waals surface area contributed by atoms with Crippen LogP contribution < -0.4 is 5.06 Å². The van der Waals surface area contributed by atoms with Crippen molar-refractivity contribution < 1.29 is 4.84 Å². The molecule has 1 aliphatic rings. The van der Waals surface area contributed by atoms with Crippen LogP contribution >= 0.6 is 0 Å². The monoisotopic (exact) mass is 270 g/mol. The fraction of sp³-hybridized carbons (Fsp3) is 0.471. The summed E-state index contributed by atoms with van der Waals surface area (Å²) in [5, 5.41) is 3.21. The van der Waals surface area contributed by atoms with Crippen LogP contribution in [-0.4, -0.2) is 17.1 Å². The molecule has 1 aromatic heterocycles. The summed E-state index contributed by atoms with van der Waals surface area (Å²) >= 11 is 0. The smallest absolute Gasteiger partial charge is 0.0975 e. The van der Waals surface area contributed by atoms with Gasteiger partial charge in [0, 0.05) is 17.0 Å². The molecular weight excluding hydrogens is 248 g/mol. The first kappa shape index (κ1) is 13.4. The fourth-order valence-electron chi connectivity index (χ4n) is 2.55. The summed E-state index contributed by atoms with van der Waals surface area (Å²) in [5.74, 6) is 0. The lowest BCUT2D eigenvalue weighted by Gasteiger charge is -2.30. The molecule has 1 aromatic carbocycles. The molecule has 1 fully saturated rings. The number of pyridine rings is 1. The lowest BCUT2D eigenvalue weighted by Crippen LogP contribution is -2.36. The number of aromatic nitrogens is 1. The standard InChI is InChI=1S/C17H22N2O/c1-12-8-9-18-15-7-6-13(10-14(12)15)19-11-16(2,3)17(4,5)20-19/h6-10H,11H2,1-5H3. The quantitative estimate of drug-likeness (QED) is 0.780. The molecule has 0 amide bonds. The Morgan fingerprint density at radius 3 is 2.55 bits per heavy atom. The number of aryl methyl sites for hydroxylation is 1. The molecule has 0 saturated carbocycles. The summed E-state index contributed by atoms with van der Waals surface area (Å²) in [6.45, 7) is 11.8. The summed E-state index contributed by atoms with van der Waals surface area (Å²) in [4.78, 5) is 10.6. The molecule has 3 nitrogen and oxygen atoms in total. The topological polar surface area (TPSA) is 25.4 Å². The molecule has 20 heavy (non-hydrogen) atoms. The van der Waals surface area contributed by atoms with Gasteiger partial charge in [0.25, 0.3) is 0 Å². The van der Waals surface area contributed by atoms with Gasteiger partial charge < -0.3 is 0 Å². The van der Waals surface area contributed by atoms with Crippen LogP contribution in [0.3, 0.4) is 0 Å². The highest BCUT2D eigenvalue weighted by molar-refractivity contribution is 5.85. The van der Waals surface area contributed by atoms with Gasteiger partial charge in [0.1, 0.15) is 0 Å². The Labute approximate surface area is 120 Å². The van der Waals surface area contributed by atoms with E-state index < -0.39 is 0 Å². The molecule has 3 heteroatoms. The minimum Gasteiger partial charge on any atom is -0.267 e. The van der Waals surface area contributed by atoms with Crippen molar-refractivity contribution in [1.29, 1.82) is 0 Å². The van der Waals surface area contributed by atoms with E-state index in [4.69, 9.17) is 4.84 Å². The Morgan fingerprint density at radius 2 is 1.90 bits per heavy atom. The largest absolute Gasteiger partial charge is 0.267 e. The van der Waals surface area contributed by atoms with Gasteiger partial charge in [-0.05, 0) is 50.6 Å². The summed E-state index contributed by atoms with van der Waals surface area (Å²) < 4.78 is 0. The minimum absolute atomic E-state index is 0.117. The molecule has 2 aromatic rings. The SMILES string of the molecule is Cc1ccnc2ccc(N3CC(C)(C)C(C)(C)O3)cc12. The predicted molar refractivity (Wildman–Crippen MR) is 82.8 cm³/mol. The minimum atomic E-state index is -0.161. The van der Waals surface area contributed by atoms with E-state index in [0.717, 1.165) is 17.7 Å². The lowest BCUT2D eigenvalue weighted by molar-refractivity contribution is -0.0300. The Bertz CT molecular complexity index is 645. The average Bonchev–Trinajstić information content (AvgIpc) is 2.59. The van der Waals surface area contributed by atoms with Crippen LogP contribution in [0.2, 0.25) is 0 Å². The Balaban J connectivity index is 2.02. The number of nitrogens with zero attached hydrogens (tertiary/aromatic N) is 2. The van der Waals surface area contributed by atoms with E-state index in [1.807, 2.05) is 17.3 Å². The first-order chi connectivity index (χ1) is 9.30. The van der Waals surface area contributed by atoms with E-state index in [9.17, 15) is 0 Å². The third-order valence-corrected chi connectivity index (χ3v) is 4.74. The number of benzene rings is 1. The van der Waals surface area contributed by atoms with Gasteiger partial charge in [-0.3, -0.25) is 14.9 Å². The molecule has 0 atom stereocenters. The van der Waals surface area contributed by atoms with E-state index in [2.05, 4.69) is 57.8 Å². The van der Waals surface area contributed by atoms with Crippen LogP contribution in [0.1, 0.15) is 33.3 Å². The number of rotatable bonds is 1. The zero-order valence-electron chi connectivity index (χ0n) is 12.9. The fourth-order valence-corrected chi connectivity index (χ4v) is 2.55. The Morgan fingerprint density at radius 1 is 1.15 bits per heavy atom. The molecule has 0 bridgehead atoms. The van der Waals surface area contributed by atoms with Crippen molar-refractivity contribution in [1.82, 2.24) is 4.98 Å². The van der Waals surface area contributed by atoms with Crippen LogP contribution in [0.5, 0.6) is 0 Å². The zero-order chi connectivity index (χ0) is 14.5. The third kappa shape index (κ3) is 1.97. The van der Waals surface area contributed by atoms with Gasteiger partial charge in [0.05, 0.1) is 23.3 Å². The summed E-state index contributed by atoms with van der Waals surface area (Å²) in [7, 11) is 0. The molecule has 3 rings (SSSR count). The molecule has 1 aliphatic heterocycles. The van der Waals surface area contributed by atoms with Crippen LogP contribution in [0.4, 0.5) is 5.69 Å². The molecule has 0 N–H and O–H groups in total. The number of anilines is 1. The maximum absolute atomic E-state index is 6.15. The second kappa shape index (κ2) is 4.19. The molecular formula is C17H22N2O. The normalized spacial score (nSPS) is 20.6. The highest BCUT2D eigenvalue weighted by Gasteiger charge is 2.47. The van der Waals surface area contributed by atoms with Crippen LogP contribution in [0.25, 0.3) is 10.9 Å². The van der Waals surface area contributed by atoms with Gasteiger partial charge >= 0.3 is 0 Å². The van der Waals surface area contributed by atoms with Crippen molar-refractivity contribution in [2.45, 2.75) is 40.2 Å². The second-order valence-corrected chi connectivity index (χ2v) is 6.85. The summed E-state index contributed by atoms with van der Waals surface area (Å²) in [6.07, 6.45) is 1.86. The van der Waals surface area contributed by atoms with Crippen molar-refractivity contribution in [3.63, 3.8) is 0 Å². The van der Waals surface area contributed by atoms with Gasteiger partial charge in [-0.1, -0.05) is 13.8 Å². The van der Waals surface area contributed by atoms with Crippen molar-refractivity contribution in [2.75, 3.05) is 11.6 Å². The number of hydroxylamine groups is 1. The molecule has 1 saturated heterocycles. The molecule has 106 valence electrons. The van der Waals surface area contributed by atoms with Crippen LogP contribution in [0, 0.1) is 12.3 Å². The summed E-state index contributed by atoms with van der Waals surface area (Å²) in [6, 6.07) is 8.38. The molecule has 0 radical (unpaired) electrons. The van der Waals surface area contributed by atoms with Gasteiger partial charge in [-0.2, -0.15) is 0 Å². The van der Waals surface area contributed by atoms with E-state index in [1.54, 1.807) is 0 Å². The predicted octanol–water partition coefficient (Wildman–Crippen LogP) is 4.10. The highest BCUT2D eigenvalue weighted by Crippen LogP contribution is 2.43. The van der Waals surface area contributed by atoms with E-state index in [1.165, 1.54) is 10.9 Å². The zero-order valence-corrected chi connectivity index (χ0v) is 12.9. The second-order valence-electron chi connectivity index (χ2n) is 6.85. The van der Waals surface area contributed by atoms with Crippen LogP contribution in [-0.2, 0) is 4.84 Å². The van der Waals surface area contributed by atoms with Gasteiger partial charge in [0.2, 0.25) is 0 Å². The van der Waals surface area contributed by atoms with Gasteiger partial charge in [0.15, 0.2) is 0 Å². The first-order valence-corrected chi connectivity index (χ1v) is 7.12. The first-order valence-electron chi connectivity index (χ1n) is 7.12. The van der Waals surface area contributed by atoms with Crippen molar-refractivity contribution in [3.05, 3.63) is 36.0 Å². The van der Waals surface area contributed by atoms with Crippen LogP contribution in [0.15, 0.2) is 30.5 Å². The molecule has 0 unspecified atom stereocenters. The van der Waals surface area contributed by atoms with E-state index in [0.29, 0.717) is 0 Å². The Kier molecular flexibility index (Phi) is 2.80. The van der Waals surface area contributed by atoms with Crippen molar-refractivity contribution in [3.8, 4) is 0 Å². The maximum Gasteiger partial charge on any atom is 0.0975 e. The lowest BCUT2D eigenvalue weighted by atomic mass is 9.78. The average molecular weight is 270 g/mol. The summed E-state index contributed by atoms with van der Waals surface area (Å²) in [5.41, 5.74) is 3.34. The number of hydrogen-bond donors (Lipinski definition) is 0. The van der Waals surface area contributed by atoms with E-state index in [-0.39, 0.29) is 11.0 Å². The molecule has 0 aliphatic carbocycles.